The topological polar surface area (TPSA) is 66.8 Å². The lowest BCUT2D eigenvalue weighted by Gasteiger charge is -2.32. The number of rotatable bonds is 3. The Balaban J connectivity index is 1.96. The number of piperidine rings is 1. The number of carboxylic acid groups (broad SMARTS) is 1. The van der Waals surface area contributed by atoms with Crippen LogP contribution < -0.4 is 0 Å². The van der Waals surface area contributed by atoms with E-state index in [2.05, 4.69) is 0 Å². The molecular formula is C15H15F2NO4. The van der Waals surface area contributed by atoms with Gasteiger partial charge in [0.1, 0.15) is 6.61 Å². The first-order valence-corrected chi connectivity index (χ1v) is 6.66. The van der Waals surface area contributed by atoms with E-state index in [0.29, 0.717) is 4.90 Å². The number of benzene rings is 1. The van der Waals surface area contributed by atoms with Gasteiger partial charge >= 0.3 is 12.1 Å². The molecule has 1 fully saturated rings. The molecule has 0 aromatic heterocycles. The fourth-order valence-corrected chi connectivity index (χ4v) is 2.11. The maximum Gasteiger partial charge on any atom is 0.407 e. The highest BCUT2D eigenvalue weighted by Gasteiger charge is 2.42. The van der Waals surface area contributed by atoms with Gasteiger partial charge in [0, 0.05) is 18.2 Å². The summed E-state index contributed by atoms with van der Waals surface area (Å²) in [5, 5.41) is 8.73. The zero-order valence-corrected chi connectivity index (χ0v) is 11.7. The van der Waals surface area contributed by atoms with Crippen molar-refractivity contribution in [2.45, 2.75) is 19.0 Å². The van der Waals surface area contributed by atoms with Crippen LogP contribution in [0.5, 0.6) is 0 Å². The van der Waals surface area contributed by atoms with E-state index in [1.807, 2.05) is 6.07 Å². The van der Waals surface area contributed by atoms with E-state index in [4.69, 9.17) is 9.84 Å². The van der Waals surface area contributed by atoms with Crippen LogP contribution in [0.4, 0.5) is 13.6 Å². The number of hydrogen-bond acceptors (Lipinski definition) is 3. The average Bonchev–Trinajstić information content (AvgIpc) is 2.48. The molecule has 0 saturated carbocycles. The average molecular weight is 311 g/mol. The van der Waals surface area contributed by atoms with Gasteiger partial charge in [-0.1, -0.05) is 30.3 Å². The second kappa shape index (κ2) is 6.55. The highest BCUT2D eigenvalue weighted by molar-refractivity contribution is 5.83. The standard InChI is InChI=1S/C15H15F2NO4/c16-15(17)10-18(14(20)21)7-6-12(15)8-13(19)22-9-11-4-2-1-3-5-11/h1-5,8H,6-7,9-10H2,(H,20,21). The molecule has 5 nitrogen and oxygen atoms in total. The van der Waals surface area contributed by atoms with Crippen molar-refractivity contribution in [1.82, 2.24) is 4.90 Å². The van der Waals surface area contributed by atoms with Gasteiger partial charge in [-0.3, -0.25) is 0 Å². The fraction of sp³-hybridized carbons (Fsp3) is 0.333. The van der Waals surface area contributed by atoms with E-state index in [0.717, 1.165) is 11.6 Å². The smallest absolute Gasteiger partial charge is 0.407 e. The van der Waals surface area contributed by atoms with Crippen molar-refractivity contribution in [2.75, 3.05) is 13.1 Å². The summed E-state index contributed by atoms with van der Waals surface area (Å²) in [6.07, 6.45) is -0.827. The van der Waals surface area contributed by atoms with Crippen LogP contribution in [0, 0.1) is 0 Å². The van der Waals surface area contributed by atoms with E-state index in [-0.39, 0.29) is 19.6 Å². The van der Waals surface area contributed by atoms with Gasteiger partial charge in [0.25, 0.3) is 5.92 Å². The molecule has 1 aliphatic heterocycles. The Morgan fingerprint density at radius 1 is 1.32 bits per heavy atom. The molecule has 118 valence electrons. The Morgan fingerprint density at radius 3 is 2.59 bits per heavy atom. The summed E-state index contributed by atoms with van der Waals surface area (Å²) >= 11 is 0. The third kappa shape index (κ3) is 4.03. The van der Waals surface area contributed by atoms with E-state index in [1.165, 1.54) is 0 Å². The van der Waals surface area contributed by atoms with Crippen LogP contribution in [-0.2, 0) is 16.1 Å². The van der Waals surface area contributed by atoms with Crippen LogP contribution in [-0.4, -0.2) is 41.1 Å². The van der Waals surface area contributed by atoms with E-state index in [9.17, 15) is 18.4 Å². The summed E-state index contributed by atoms with van der Waals surface area (Å²) in [4.78, 5) is 23.0. The van der Waals surface area contributed by atoms with Gasteiger partial charge in [-0.05, 0) is 12.0 Å². The van der Waals surface area contributed by atoms with Gasteiger partial charge < -0.3 is 14.7 Å². The lowest BCUT2D eigenvalue weighted by molar-refractivity contribution is -0.139. The van der Waals surface area contributed by atoms with E-state index in [1.54, 1.807) is 24.3 Å². The molecule has 0 aliphatic carbocycles. The van der Waals surface area contributed by atoms with Crippen molar-refractivity contribution in [2.24, 2.45) is 0 Å². The first kappa shape index (κ1) is 15.9. The molecule has 1 aromatic rings. The highest BCUT2D eigenvalue weighted by atomic mass is 19.3. The number of carbonyl (C=O) groups is 2. The van der Waals surface area contributed by atoms with Crippen LogP contribution >= 0.6 is 0 Å². The van der Waals surface area contributed by atoms with E-state index < -0.39 is 30.1 Å². The number of nitrogens with zero attached hydrogens (tertiary/aromatic N) is 1. The van der Waals surface area contributed by atoms with Crippen molar-refractivity contribution < 1.29 is 28.2 Å². The van der Waals surface area contributed by atoms with Crippen molar-refractivity contribution in [3.05, 3.63) is 47.5 Å². The van der Waals surface area contributed by atoms with Gasteiger partial charge in [-0.25, -0.2) is 9.59 Å². The molecule has 0 atom stereocenters. The lowest BCUT2D eigenvalue weighted by atomic mass is 10.00. The quantitative estimate of drug-likeness (QED) is 0.688. The van der Waals surface area contributed by atoms with Crippen LogP contribution in [0.3, 0.4) is 0 Å². The van der Waals surface area contributed by atoms with Gasteiger partial charge in [0.05, 0.1) is 6.54 Å². The summed E-state index contributed by atoms with van der Waals surface area (Å²) in [5.74, 6) is -4.22. The monoisotopic (exact) mass is 311 g/mol. The first-order chi connectivity index (χ1) is 10.4. The molecule has 0 spiro atoms. The minimum atomic E-state index is -3.36. The van der Waals surface area contributed by atoms with Crippen LogP contribution in [0.15, 0.2) is 42.0 Å². The largest absolute Gasteiger partial charge is 0.465 e. The lowest BCUT2D eigenvalue weighted by Crippen LogP contribution is -2.46. The number of amides is 1. The predicted molar refractivity (Wildman–Crippen MR) is 73.5 cm³/mol. The summed E-state index contributed by atoms with van der Waals surface area (Å²) in [6, 6.07) is 8.86. The summed E-state index contributed by atoms with van der Waals surface area (Å²) < 4.78 is 32.6. The van der Waals surface area contributed by atoms with Crippen LogP contribution in [0.25, 0.3) is 0 Å². The Kier molecular flexibility index (Phi) is 4.75. The van der Waals surface area contributed by atoms with Crippen molar-refractivity contribution in [3.63, 3.8) is 0 Å². The molecule has 1 aromatic carbocycles. The Labute approximate surface area is 125 Å². The molecular weight excluding hydrogens is 296 g/mol. The highest BCUT2D eigenvalue weighted by Crippen LogP contribution is 2.32. The van der Waals surface area contributed by atoms with Gasteiger partial charge in [-0.2, -0.15) is 8.78 Å². The number of alkyl halides is 2. The van der Waals surface area contributed by atoms with Crippen molar-refractivity contribution >= 4 is 12.1 Å². The van der Waals surface area contributed by atoms with Crippen molar-refractivity contribution in [1.29, 1.82) is 0 Å². The molecule has 22 heavy (non-hydrogen) atoms. The Bertz CT molecular complexity index is 586. The summed E-state index contributed by atoms with van der Waals surface area (Å²) in [6.45, 7) is -1.01. The molecule has 7 heteroatoms. The Hall–Kier alpha value is -2.44. The molecule has 0 radical (unpaired) electrons. The van der Waals surface area contributed by atoms with Gasteiger partial charge in [0.2, 0.25) is 0 Å². The molecule has 1 saturated heterocycles. The van der Waals surface area contributed by atoms with Crippen LogP contribution in [0.1, 0.15) is 12.0 Å². The molecule has 1 aliphatic rings. The zero-order chi connectivity index (χ0) is 16.2. The third-order valence-electron chi connectivity index (χ3n) is 3.30. The first-order valence-electron chi connectivity index (χ1n) is 6.66. The number of halogens is 2. The number of esters is 1. The second-order valence-corrected chi connectivity index (χ2v) is 4.92. The van der Waals surface area contributed by atoms with Crippen molar-refractivity contribution in [3.8, 4) is 0 Å². The molecule has 0 unspecified atom stereocenters. The summed E-state index contributed by atoms with van der Waals surface area (Å²) in [5.41, 5.74) is 0.352. The predicted octanol–water partition coefficient (Wildman–Crippen LogP) is 2.68. The number of hydrogen-bond donors (Lipinski definition) is 1. The molecule has 0 bridgehead atoms. The normalized spacial score (nSPS) is 19.0. The third-order valence-corrected chi connectivity index (χ3v) is 3.30. The molecule has 1 N–H and O–H groups in total. The van der Waals surface area contributed by atoms with Gasteiger partial charge in [0.15, 0.2) is 0 Å². The maximum absolute atomic E-state index is 13.8. The summed E-state index contributed by atoms with van der Waals surface area (Å²) in [7, 11) is 0. The van der Waals surface area contributed by atoms with Crippen LogP contribution in [0.2, 0.25) is 0 Å². The number of likely N-dealkylation sites (tertiary alicyclic amines) is 1. The molecule has 1 amide bonds. The van der Waals surface area contributed by atoms with E-state index >= 15 is 0 Å². The zero-order valence-electron chi connectivity index (χ0n) is 11.7. The minimum Gasteiger partial charge on any atom is -0.465 e. The second-order valence-electron chi connectivity index (χ2n) is 4.92. The Morgan fingerprint density at radius 2 is 2.00 bits per heavy atom. The molecule has 2 rings (SSSR count). The van der Waals surface area contributed by atoms with Gasteiger partial charge in [-0.15, -0.1) is 0 Å². The maximum atomic E-state index is 13.8. The fourth-order valence-electron chi connectivity index (χ4n) is 2.11. The number of carbonyl (C=O) groups excluding carboxylic acids is 1. The number of ether oxygens (including phenoxy) is 1. The molecule has 1 heterocycles. The SMILES string of the molecule is O=C(C=C1CCN(C(=O)O)CC1(F)F)OCc1ccccc1. The minimum absolute atomic E-state index is 0.00369.